The van der Waals surface area contributed by atoms with E-state index in [1.165, 1.54) is 18.2 Å². The summed E-state index contributed by atoms with van der Waals surface area (Å²) in [5.41, 5.74) is -0.825. The van der Waals surface area contributed by atoms with Crippen LogP contribution in [0.4, 0.5) is 13.2 Å². The van der Waals surface area contributed by atoms with Gasteiger partial charge in [0.2, 0.25) is 0 Å². The topological polar surface area (TPSA) is 52.9 Å². The van der Waals surface area contributed by atoms with Crippen molar-refractivity contribution in [2.45, 2.75) is 37.9 Å². The van der Waals surface area contributed by atoms with Gasteiger partial charge in [-0.15, -0.1) is 0 Å². The third-order valence-electron chi connectivity index (χ3n) is 3.58. The number of rotatable bonds is 3. The van der Waals surface area contributed by atoms with Crippen LogP contribution in [0.5, 0.6) is 0 Å². The first-order valence-corrected chi connectivity index (χ1v) is 7.00. The number of halogens is 3. The molecule has 0 spiro atoms. The van der Waals surface area contributed by atoms with Gasteiger partial charge in [0.25, 0.3) is 5.91 Å². The van der Waals surface area contributed by atoms with E-state index in [4.69, 9.17) is 5.26 Å². The third-order valence-corrected chi connectivity index (χ3v) is 3.58. The van der Waals surface area contributed by atoms with Crippen molar-refractivity contribution < 1.29 is 18.0 Å². The summed E-state index contributed by atoms with van der Waals surface area (Å²) in [6, 6.07) is 6.34. The van der Waals surface area contributed by atoms with E-state index in [1.807, 2.05) is 0 Å². The van der Waals surface area contributed by atoms with Gasteiger partial charge in [0, 0.05) is 6.04 Å². The molecular formula is C16H15F3N2O. The fourth-order valence-corrected chi connectivity index (χ4v) is 2.45. The smallest absolute Gasteiger partial charge is 0.349 e. The number of carbonyl (C=O) groups is 1. The molecule has 6 heteroatoms. The number of alkyl halides is 3. The zero-order chi connectivity index (χ0) is 16.2. The molecule has 1 amide bonds. The largest absolute Gasteiger partial charge is 0.416 e. The monoisotopic (exact) mass is 308 g/mol. The maximum atomic E-state index is 12.7. The molecule has 0 saturated heterocycles. The predicted octanol–water partition coefficient (Wildman–Crippen LogP) is 3.67. The first-order valence-electron chi connectivity index (χ1n) is 7.00. The van der Waals surface area contributed by atoms with Crippen LogP contribution in [-0.2, 0) is 11.0 Å². The van der Waals surface area contributed by atoms with Crippen LogP contribution in [0, 0.1) is 11.3 Å². The Hall–Kier alpha value is -2.29. The lowest BCUT2D eigenvalue weighted by molar-refractivity contribution is -0.137. The first kappa shape index (κ1) is 16.1. The fraction of sp³-hybridized carbons (Fsp3) is 0.375. The number of nitrogens with zero attached hydrogens (tertiary/aromatic N) is 1. The zero-order valence-electron chi connectivity index (χ0n) is 11.8. The number of nitrogens with one attached hydrogen (secondary N) is 1. The minimum atomic E-state index is -4.46. The lowest BCUT2D eigenvalue weighted by Gasteiger charge is -2.11. The van der Waals surface area contributed by atoms with Crippen molar-refractivity contribution in [2.24, 2.45) is 0 Å². The average molecular weight is 308 g/mol. The standard InChI is InChI=1S/C16H15F3N2O/c17-16(18,19)13-5-3-4-11(9-13)8-12(10-20)15(22)21-14-6-1-2-7-14/h3-5,8-9,14H,1-2,6-7H2,(H,21,22)/b12-8-. The number of nitriles is 1. The first-order chi connectivity index (χ1) is 10.4. The molecule has 0 bridgehead atoms. The molecule has 1 aliphatic carbocycles. The number of hydrogen-bond acceptors (Lipinski definition) is 2. The Morgan fingerprint density at radius 2 is 2.00 bits per heavy atom. The van der Waals surface area contributed by atoms with E-state index < -0.39 is 17.6 Å². The van der Waals surface area contributed by atoms with Crippen LogP contribution in [0.3, 0.4) is 0 Å². The van der Waals surface area contributed by atoms with Crippen molar-refractivity contribution in [1.29, 1.82) is 5.26 Å². The Morgan fingerprint density at radius 1 is 1.32 bits per heavy atom. The lowest BCUT2D eigenvalue weighted by atomic mass is 10.1. The Kier molecular flexibility index (Phi) is 4.86. The molecule has 0 atom stereocenters. The van der Waals surface area contributed by atoms with E-state index in [1.54, 1.807) is 6.07 Å². The molecule has 1 N–H and O–H groups in total. The molecule has 0 radical (unpaired) electrons. The van der Waals surface area contributed by atoms with E-state index in [0.717, 1.165) is 37.8 Å². The van der Waals surface area contributed by atoms with Gasteiger partial charge in [-0.3, -0.25) is 4.79 Å². The Morgan fingerprint density at radius 3 is 2.59 bits per heavy atom. The molecule has 0 aromatic heterocycles. The van der Waals surface area contributed by atoms with Crippen molar-refractivity contribution >= 4 is 12.0 Å². The summed E-state index contributed by atoms with van der Waals surface area (Å²) in [6.07, 6.45) is 0.526. The molecular weight excluding hydrogens is 293 g/mol. The van der Waals surface area contributed by atoms with Crippen LogP contribution in [0.25, 0.3) is 6.08 Å². The van der Waals surface area contributed by atoms with Crippen molar-refractivity contribution in [3.63, 3.8) is 0 Å². The minimum Gasteiger partial charge on any atom is -0.349 e. The molecule has 1 aromatic carbocycles. The summed E-state index contributed by atoms with van der Waals surface area (Å²) in [7, 11) is 0. The second-order valence-corrected chi connectivity index (χ2v) is 5.25. The molecule has 1 aliphatic rings. The third kappa shape index (κ3) is 4.10. The lowest BCUT2D eigenvalue weighted by Crippen LogP contribution is -2.33. The number of benzene rings is 1. The van der Waals surface area contributed by atoms with Crippen LogP contribution in [0.1, 0.15) is 36.8 Å². The quantitative estimate of drug-likeness (QED) is 0.684. The van der Waals surface area contributed by atoms with Crippen LogP contribution in [-0.4, -0.2) is 11.9 Å². The fourth-order valence-electron chi connectivity index (χ4n) is 2.45. The maximum absolute atomic E-state index is 12.7. The van der Waals surface area contributed by atoms with Crippen molar-refractivity contribution in [2.75, 3.05) is 0 Å². The molecule has 1 fully saturated rings. The molecule has 116 valence electrons. The summed E-state index contributed by atoms with van der Waals surface area (Å²) in [4.78, 5) is 12.0. The molecule has 0 aliphatic heterocycles. The highest BCUT2D eigenvalue weighted by Crippen LogP contribution is 2.30. The van der Waals surface area contributed by atoms with Gasteiger partial charge in [0.15, 0.2) is 0 Å². The Bertz CT molecular complexity index is 623. The summed E-state index contributed by atoms with van der Waals surface area (Å²) in [5, 5.41) is 11.8. The molecule has 3 nitrogen and oxygen atoms in total. The van der Waals surface area contributed by atoms with Crippen molar-refractivity contribution in [3.8, 4) is 6.07 Å². The van der Waals surface area contributed by atoms with E-state index in [9.17, 15) is 18.0 Å². The van der Waals surface area contributed by atoms with Crippen LogP contribution < -0.4 is 5.32 Å². The molecule has 2 rings (SSSR count). The molecule has 0 unspecified atom stereocenters. The van der Waals surface area contributed by atoms with E-state index >= 15 is 0 Å². The zero-order valence-corrected chi connectivity index (χ0v) is 11.8. The highest BCUT2D eigenvalue weighted by atomic mass is 19.4. The molecule has 0 heterocycles. The summed E-state index contributed by atoms with van der Waals surface area (Å²) in [5.74, 6) is -0.535. The Balaban J connectivity index is 2.18. The second-order valence-electron chi connectivity index (χ2n) is 5.25. The summed E-state index contributed by atoms with van der Waals surface area (Å²) in [6.45, 7) is 0. The Labute approximate surface area is 126 Å². The minimum absolute atomic E-state index is 0.0470. The summed E-state index contributed by atoms with van der Waals surface area (Å²) < 4.78 is 38.0. The SMILES string of the molecule is N#C/C(=C/c1cccc(C(F)(F)F)c1)C(=O)NC1CCCC1. The van der Waals surface area contributed by atoms with Gasteiger partial charge in [0.1, 0.15) is 11.6 Å². The molecule has 1 saturated carbocycles. The van der Waals surface area contributed by atoms with E-state index in [-0.39, 0.29) is 17.2 Å². The highest BCUT2D eigenvalue weighted by Gasteiger charge is 2.30. The van der Waals surface area contributed by atoms with Crippen LogP contribution in [0.2, 0.25) is 0 Å². The van der Waals surface area contributed by atoms with Gasteiger partial charge < -0.3 is 5.32 Å². The number of amides is 1. The molecule has 22 heavy (non-hydrogen) atoms. The van der Waals surface area contributed by atoms with Crippen molar-refractivity contribution in [3.05, 3.63) is 41.0 Å². The maximum Gasteiger partial charge on any atom is 0.416 e. The van der Waals surface area contributed by atoms with Gasteiger partial charge in [-0.2, -0.15) is 18.4 Å². The van der Waals surface area contributed by atoms with Crippen LogP contribution >= 0.6 is 0 Å². The highest BCUT2D eigenvalue weighted by molar-refractivity contribution is 6.01. The van der Waals surface area contributed by atoms with Gasteiger partial charge in [-0.25, -0.2) is 0 Å². The van der Waals surface area contributed by atoms with Crippen LogP contribution in [0.15, 0.2) is 29.8 Å². The van der Waals surface area contributed by atoms with Gasteiger partial charge in [-0.05, 0) is 36.6 Å². The molecule has 1 aromatic rings. The van der Waals surface area contributed by atoms with Crippen molar-refractivity contribution in [1.82, 2.24) is 5.32 Å². The van der Waals surface area contributed by atoms with E-state index in [0.29, 0.717) is 0 Å². The summed E-state index contributed by atoms with van der Waals surface area (Å²) >= 11 is 0. The van der Waals surface area contributed by atoms with E-state index in [2.05, 4.69) is 5.32 Å². The van der Waals surface area contributed by atoms with Gasteiger partial charge in [-0.1, -0.05) is 25.0 Å². The normalized spacial score (nSPS) is 16.4. The second kappa shape index (κ2) is 6.65. The number of carbonyl (C=O) groups excluding carboxylic acids is 1. The number of hydrogen-bond donors (Lipinski definition) is 1. The predicted molar refractivity (Wildman–Crippen MR) is 75.4 cm³/mol. The average Bonchev–Trinajstić information content (AvgIpc) is 2.97. The van der Waals surface area contributed by atoms with Gasteiger partial charge >= 0.3 is 6.18 Å². The van der Waals surface area contributed by atoms with Gasteiger partial charge in [0.05, 0.1) is 5.56 Å².